The number of piperidine rings is 1. The minimum atomic E-state index is -0.776. The molecule has 2 atom stereocenters. The van der Waals surface area contributed by atoms with Crippen LogP contribution in [0.3, 0.4) is 0 Å². The number of nitro benzene ring substituents is 1. The van der Waals surface area contributed by atoms with Crippen molar-refractivity contribution < 1.29 is 9.31 Å². The summed E-state index contributed by atoms with van der Waals surface area (Å²) in [5.74, 6) is -0.489. The average Bonchev–Trinajstić information content (AvgIpc) is 2.42. The maximum Gasteiger partial charge on any atom is 0.295 e. The van der Waals surface area contributed by atoms with E-state index in [4.69, 9.17) is 17.3 Å². The van der Waals surface area contributed by atoms with E-state index in [1.165, 1.54) is 6.07 Å². The molecule has 2 unspecified atom stereocenters. The monoisotopic (exact) mass is 301 g/mol. The van der Waals surface area contributed by atoms with Crippen LogP contribution in [0, 0.1) is 21.8 Å². The van der Waals surface area contributed by atoms with Crippen LogP contribution in [0.2, 0.25) is 5.02 Å². The van der Waals surface area contributed by atoms with Gasteiger partial charge in [0.15, 0.2) is 0 Å². The Morgan fingerprint density at radius 2 is 2.25 bits per heavy atom. The second kappa shape index (κ2) is 5.93. The number of benzene rings is 1. The summed E-state index contributed by atoms with van der Waals surface area (Å²) in [7, 11) is 0. The quantitative estimate of drug-likeness (QED) is 0.688. The summed E-state index contributed by atoms with van der Waals surface area (Å²) in [6.07, 6.45) is 1.89. The molecule has 0 aromatic heterocycles. The summed E-state index contributed by atoms with van der Waals surface area (Å²) in [6.45, 7) is 3.15. The Morgan fingerprint density at radius 3 is 2.85 bits per heavy atom. The van der Waals surface area contributed by atoms with Gasteiger partial charge in [0, 0.05) is 12.6 Å². The molecular weight excluding hydrogens is 285 g/mol. The van der Waals surface area contributed by atoms with E-state index in [0.29, 0.717) is 18.8 Å². The number of nitro groups is 1. The fourth-order valence-electron chi connectivity index (χ4n) is 2.61. The Kier molecular flexibility index (Phi) is 4.45. The van der Waals surface area contributed by atoms with Gasteiger partial charge in [0.1, 0.15) is 11.5 Å². The molecule has 1 aliphatic rings. The molecule has 110 valence electrons. The zero-order valence-corrected chi connectivity index (χ0v) is 11.9. The number of hydrogen-bond donors (Lipinski definition) is 1. The van der Waals surface area contributed by atoms with E-state index in [9.17, 15) is 14.5 Å². The van der Waals surface area contributed by atoms with Gasteiger partial charge in [-0.1, -0.05) is 11.6 Å². The van der Waals surface area contributed by atoms with Gasteiger partial charge in [-0.15, -0.1) is 0 Å². The molecule has 7 heteroatoms. The van der Waals surface area contributed by atoms with Crippen LogP contribution < -0.4 is 10.6 Å². The standard InChI is InChI=1S/C13H17ClFN3O2/c1-8-2-3-9(6-16)7-17(8)12-4-10(14)11(15)5-13(12)18(19)20/h4-5,8-9H,2-3,6-7,16H2,1H3. The van der Waals surface area contributed by atoms with Gasteiger partial charge in [-0.25, -0.2) is 4.39 Å². The van der Waals surface area contributed by atoms with Crippen molar-refractivity contribution in [1.29, 1.82) is 0 Å². The van der Waals surface area contributed by atoms with Crippen LogP contribution in [-0.4, -0.2) is 24.1 Å². The van der Waals surface area contributed by atoms with Crippen LogP contribution in [0.5, 0.6) is 0 Å². The largest absolute Gasteiger partial charge is 0.363 e. The number of anilines is 1. The molecule has 2 rings (SSSR count). The molecule has 5 nitrogen and oxygen atoms in total. The topological polar surface area (TPSA) is 72.4 Å². The van der Waals surface area contributed by atoms with Crippen LogP contribution in [0.1, 0.15) is 19.8 Å². The Balaban J connectivity index is 2.44. The molecular formula is C13H17ClFN3O2. The highest BCUT2D eigenvalue weighted by atomic mass is 35.5. The number of hydrogen-bond acceptors (Lipinski definition) is 4. The van der Waals surface area contributed by atoms with Crippen molar-refractivity contribution in [3.8, 4) is 0 Å². The molecule has 0 bridgehead atoms. The third kappa shape index (κ3) is 2.86. The summed E-state index contributed by atoms with van der Waals surface area (Å²) in [5, 5.41) is 11.0. The molecule has 1 aromatic rings. The van der Waals surface area contributed by atoms with Crippen molar-refractivity contribution in [3.05, 3.63) is 33.1 Å². The Morgan fingerprint density at radius 1 is 1.55 bits per heavy atom. The summed E-state index contributed by atoms with van der Waals surface area (Å²) < 4.78 is 13.5. The van der Waals surface area contributed by atoms with Crippen molar-refractivity contribution >= 4 is 23.0 Å². The second-order valence-corrected chi connectivity index (χ2v) is 5.60. The van der Waals surface area contributed by atoms with Crippen LogP contribution in [0.4, 0.5) is 15.8 Å². The normalized spacial score (nSPS) is 22.9. The van der Waals surface area contributed by atoms with E-state index in [1.807, 2.05) is 11.8 Å². The molecule has 1 heterocycles. The first kappa shape index (κ1) is 15.0. The van der Waals surface area contributed by atoms with Crippen molar-refractivity contribution in [3.63, 3.8) is 0 Å². The third-order valence-electron chi connectivity index (χ3n) is 3.84. The van der Waals surface area contributed by atoms with Gasteiger partial charge in [-0.2, -0.15) is 0 Å². The first-order valence-corrected chi connectivity index (χ1v) is 6.92. The highest BCUT2D eigenvalue weighted by Gasteiger charge is 2.30. The maximum absolute atomic E-state index is 13.5. The highest BCUT2D eigenvalue weighted by Crippen LogP contribution is 2.37. The van der Waals surface area contributed by atoms with E-state index in [-0.39, 0.29) is 22.7 Å². The zero-order valence-electron chi connectivity index (χ0n) is 11.2. The molecule has 0 aliphatic carbocycles. The fraction of sp³-hybridized carbons (Fsp3) is 0.538. The van der Waals surface area contributed by atoms with Gasteiger partial charge < -0.3 is 10.6 Å². The van der Waals surface area contributed by atoms with Crippen LogP contribution in [-0.2, 0) is 0 Å². The summed E-state index contributed by atoms with van der Waals surface area (Å²) in [6, 6.07) is 2.36. The van der Waals surface area contributed by atoms with Crippen molar-refractivity contribution in [2.45, 2.75) is 25.8 Å². The lowest BCUT2D eigenvalue weighted by Gasteiger charge is -2.39. The number of nitrogens with zero attached hydrogens (tertiary/aromatic N) is 2. The van der Waals surface area contributed by atoms with Crippen molar-refractivity contribution in [2.75, 3.05) is 18.0 Å². The average molecular weight is 302 g/mol. The number of halogens is 2. The lowest BCUT2D eigenvalue weighted by Crippen LogP contribution is -2.44. The van der Waals surface area contributed by atoms with Crippen molar-refractivity contribution in [1.82, 2.24) is 0 Å². The Bertz CT molecular complexity index is 527. The molecule has 1 fully saturated rings. The predicted molar refractivity (Wildman–Crippen MR) is 76.7 cm³/mol. The summed E-state index contributed by atoms with van der Waals surface area (Å²) in [5.41, 5.74) is 5.81. The first-order chi connectivity index (χ1) is 9.43. The van der Waals surface area contributed by atoms with Gasteiger partial charge >= 0.3 is 0 Å². The third-order valence-corrected chi connectivity index (χ3v) is 4.13. The van der Waals surface area contributed by atoms with Crippen LogP contribution in [0.25, 0.3) is 0 Å². The van der Waals surface area contributed by atoms with Gasteiger partial charge in [0.25, 0.3) is 5.69 Å². The van der Waals surface area contributed by atoms with Crippen molar-refractivity contribution in [2.24, 2.45) is 11.7 Å². The number of rotatable bonds is 3. The predicted octanol–water partition coefficient (Wildman–Crippen LogP) is 2.95. The maximum atomic E-state index is 13.5. The van der Waals surface area contributed by atoms with Crippen LogP contribution >= 0.6 is 11.6 Å². The summed E-state index contributed by atoms with van der Waals surface area (Å²) in [4.78, 5) is 12.5. The van der Waals surface area contributed by atoms with E-state index in [2.05, 4.69) is 0 Å². The molecule has 1 aromatic carbocycles. The minimum Gasteiger partial charge on any atom is -0.363 e. The van der Waals surface area contributed by atoms with Gasteiger partial charge in [0.05, 0.1) is 16.0 Å². The molecule has 1 saturated heterocycles. The number of nitrogens with two attached hydrogens (primary N) is 1. The molecule has 0 amide bonds. The van der Waals surface area contributed by atoms with Gasteiger partial charge in [0.2, 0.25) is 0 Å². The molecule has 2 N–H and O–H groups in total. The van der Waals surface area contributed by atoms with E-state index in [1.54, 1.807) is 0 Å². The highest BCUT2D eigenvalue weighted by molar-refractivity contribution is 6.31. The van der Waals surface area contributed by atoms with E-state index < -0.39 is 10.7 Å². The van der Waals surface area contributed by atoms with Crippen LogP contribution in [0.15, 0.2) is 12.1 Å². The smallest absolute Gasteiger partial charge is 0.295 e. The van der Waals surface area contributed by atoms with Gasteiger partial charge in [-0.3, -0.25) is 10.1 Å². The van der Waals surface area contributed by atoms with Gasteiger partial charge in [-0.05, 0) is 38.3 Å². The Hall–Kier alpha value is -1.40. The molecule has 1 aliphatic heterocycles. The SMILES string of the molecule is CC1CCC(CN)CN1c1cc(Cl)c(F)cc1[N+](=O)[O-]. The molecule has 20 heavy (non-hydrogen) atoms. The lowest BCUT2D eigenvalue weighted by molar-refractivity contribution is -0.384. The molecule has 0 saturated carbocycles. The summed E-state index contributed by atoms with van der Waals surface area (Å²) >= 11 is 5.78. The Labute approximate surface area is 121 Å². The molecule has 0 radical (unpaired) electrons. The zero-order chi connectivity index (χ0) is 14.9. The van der Waals surface area contributed by atoms with E-state index in [0.717, 1.165) is 18.9 Å². The first-order valence-electron chi connectivity index (χ1n) is 6.54. The second-order valence-electron chi connectivity index (χ2n) is 5.19. The lowest BCUT2D eigenvalue weighted by atomic mass is 9.93. The fourth-order valence-corrected chi connectivity index (χ4v) is 2.77. The minimum absolute atomic E-state index is 0.104. The van der Waals surface area contributed by atoms with E-state index >= 15 is 0 Å². The molecule has 0 spiro atoms.